The van der Waals surface area contributed by atoms with Crippen molar-refractivity contribution in [3.8, 4) is 5.69 Å². The lowest BCUT2D eigenvalue weighted by molar-refractivity contribution is 0.0959. The molecule has 4 rings (SSSR count). The van der Waals surface area contributed by atoms with Crippen LogP contribution in [0.4, 0.5) is 0 Å². The van der Waals surface area contributed by atoms with Crippen LogP contribution in [0.2, 0.25) is 0 Å². The van der Waals surface area contributed by atoms with Gasteiger partial charge in [-0.25, -0.2) is 10.4 Å². The Hall–Kier alpha value is -2.73. The van der Waals surface area contributed by atoms with Crippen LogP contribution in [0.3, 0.4) is 0 Å². The van der Waals surface area contributed by atoms with E-state index in [-0.39, 0.29) is 5.91 Å². The van der Waals surface area contributed by atoms with E-state index in [1.165, 1.54) is 16.9 Å². The van der Waals surface area contributed by atoms with Crippen LogP contribution in [-0.4, -0.2) is 21.2 Å². The summed E-state index contributed by atoms with van der Waals surface area (Å²) < 4.78 is 1.94. The molecule has 1 unspecified atom stereocenters. The number of hydrazone groups is 1. The number of rotatable bonds is 4. The fourth-order valence-electron chi connectivity index (χ4n) is 3.32. The molecule has 0 fully saturated rings. The van der Waals surface area contributed by atoms with Crippen molar-refractivity contribution in [2.75, 3.05) is 0 Å². The third-order valence-electron chi connectivity index (χ3n) is 4.97. The average Bonchev–Trinajstić information content (AvgIpc) is 3.35. The lowest BCUT2D eigenvalue weighted by Crippen LogP contribution is -2.18. The minimum atomic E-state index is -0.128. The van der Waals surface area contributed by atoms with Crippen molar-refractivity contribution in [2.45, 2.75) is 33.1 Å². The van der Waals surface area contributed by atoms with Gasteiger partial charge in [-0.3, -0.25) is 4.79 Å². The van der Waals surface area contributed by atoms with Crippen molar-refractivity contribution < 1.29 is 4.79 Å². The second kappa shape index (κ2) is 7.48. The number of aryl methyl sites for hydroxylation is 1. The summed E-state index contributed by atoms with van der Waals surface area (Å²) in [5.41, 5.74) is 6.81. The monoisotopic (exact) mass is 378 g/mol. The first-order valence-electron chi connectivity index (χ1n) is 9.15. The third-order valence-corrected chi connectivity index (χ3v) is 6.17. The van der Waals surface area contributed by atoms with E-state index >= 15 is 0 Å². The van der Waals surface area contributed by atoms with Crippen LogP contribution >= 0.6 is 11.3 Å². The molecule has 1 aromatic carbocycles. The highest BCUT2D eigenvalue weighted by atomic mass is 32.1. The number of hydrogen-bond acceptors (Lipinski definition) is 4. The number of carbonyl (C=O) groups excluding carboxylic acids is 1. The third kappa shape index (κ3) is 3.85. The maximum Gasteiger partial charge on any atom is 0.281 e. The van der Waals surface area contributed by atoms with Crippen molar-refractivity contribution in [1.29, 1.82) is 0 Å². The summed E-state index contributed by atoms with van der Waals surface area (Å²) in [6.45, 7) is 4.17. The highest BCUT2D eigenvalue weighted by Gasteiger charge is 2.20. The number of thiophene rings is 1. The van der Waals surface area contributed by atoms with Gasteiger partial charge >= 0.3 is 0 Å². The van der Waals surface area contributed by atoms with Crippen molar-refractivity contribution in [3.05, 3.63) is 69.9 Å². The number of imidazole rings is 1. The van der Waals surface area contributed by atoms with Crippen molar-refractivity contribution in [2.24, 2.45) is 11.0 Å². The molecule has 6 heteroatoms. The summed E-state index contributed by atoms with van der Waals surface area (Å²) in [7, 11) is 0. The Balaban J connectivity index is 1.43. The summed E-state index contributed by atoms with van der Waals surface area (Å²) in [5, 5.41) is 4.29. The second-order valence-electron chi connectivity index (χ2n) is 7.06. The van der Waals surface area contributed by atoms with Crippen molar-refractivity contribution >= 4 is 23.0 Å². The predicted octanol–water partition coefficient (Wildman–Crippen LogP) is 4.21. The van der Waals surface area contributed by atoms with Gasteiger partial charge in [0.1, 0.15) is 0 Å². The van der Waals surface area contributed by atoms with E-state index in [0.29, 0.717) is 5.92 Å². The van der Waals surface area contributed by atoms with E-state index in [4.69, 9.17) is 0 Å². The highest BCUT2D eigenvalue weighted by Crippen LogP contribution is 2.32. The van der Waals surface area contributed by atoms with Gasteiger partial charge in [-0.1, -0.05) is 19.1 Å². The quantitative estimate of drug-likeness (QED) is 0.546. The molecule has 0 saturated heterocycles. The minimum Gasteiger partial charge on any atom is -0.306 e. The number of aromatic nitrogens is 2. The van der Waals surface area contributed by atoms with Gasteiger partial charge in [0.2, 0.25) is 0 Å². The Morgan fingerprint density at radius 2 is 2.15 bits per heavy atom. The number of hydrogen-bond donors (Lipinski definition) is 1. The van der Waals surface area contributed by atoms with Gasteiger partial charge in [-0.05, 0) is 61.4 Å². The summed E-state index contributed by atoms with van der Waals surface area (Å²) in [6.07, 6.45) is 8.77. The normalized spacial score (nSPS) is 16.8. The Bertz CT molecular complexity index is 970. The van der Waals surface area contributed by atoms with Gasteiger partial charge in [0.15, 0.2) is 0 Å². The number of benzene rings is 1. The molecule has 1 amide bonds. The van der Waals surface area contributed by atoms with Crippen molar-refractivity contribution in [3.63, 3.8) is 0 Å². The van der Waals surface area contributed by atoms with E-state index < -0.39 is 0 Å². The first-order valence-corrected chi connectivity index (χ1v) is 9.97. The smallest absolute Gasteiger partial charge is 0.281 e. The lowest BCUT2D eigenvalue weighted by Gasteiger charge is -2.16. The van der Waals surface area contributed by atoms with Gasteiger partial charge in [0.25, 0.3) is 5.91 Å². The van der Waals surface area contributed by atoms with Gasteiger partial charge in [-0.15, -0.1) is 11.3 Å². The first-order chi connectivity index (χ1) is 13.1. The predicted molar refractivity (Wildman–Crippen MR) is 109 cm³/mol. The molecule has 5 nitrogen and oxygen atoms in total. The maximum absolute atomic E-state index is 12.5. The Labute approximate surface area is 162 Å². The fraction of sp³-hybridized carbons (Fsp3) is 0.286. The first kappa shape index (κ1) is 17.7. The van der Waals surface area contributed by atoms with Crippen LogP contribution in [0.5, 0.6) is 0 Å². The Morgan fingerprint density at radius 3 is 2.89 bits per heavy atom. The molecule has 0 bridgehead atoms. The maximum atomic E-state index is 12.5. The van der Waals surface area contributed by atoms with Crippen molar-refractivity contribution in [1.82, 2.24) is 15.0 Å². The van der Waals surface area contributed by atoms with Crippen LogP contribution in [0.1, 0.15) is 45.9 Å². The standard InChI is InChI=1S/C21H22N4OS/c1-14-3-4-17-12-20(27-19(17)11-14)21(26)24-23-15(2)16-5-7-18(8-6-16)25-10-9-22-13-25/h5-10,12-14H,3-4,11H2,1-2H3,(H,24,26). The molecule has 0 aliphatic heterocycles. The topological polar surface area (TPSA) is 59.3 Å². The number of nitrogens with zero attached hydrogens (tertiary/aromatic N) is 3. The summed E-state index contributed by atoms with van der Waals surface area (Å²) >= 11 is 1.61. The highest BCUT2D eigenvalue weighted by molar-refractivity contribution is 7.14. The SMILES string of the molecule is CC(=NNC(=O)c1cc2c(s1)CC(C)CC2)c1ccc(-n2ccnc2)cc1. The van der Waals surface area contributed by atoms with E-state index in [1.54, 1.807) is 23.9 Å². The molecule has 1 aliphatic carbocycles. The van der Waals surface area contributed by atoms with Gasteiger partial charge in [-0.2, -0.15) is 5.10 Å². The Morgan fingerprint density at radius 1 is 1.33 bits per heavy atom. The van der Waals surface area contributed by atoms with E-state index in [2.05, 4.69) is 22.4 Å². The minimum absolute atomic E-state index is 0.128. The summed E-state index contributed by atoms with van der Waals surface area (Å²) in [5.74, 6) is 0.578. The lowest BCUT2D eigenvalue weighted by atomic mass is 9.90. The molecule has 138 valence electrons. The van der Waals surface area contributed by atoms with Crippen LogP contribution in [0.25, 0.3) is 5.69 Å². The average molecular weight is 379 g/mol. The van der Waals surface area contributed by atoms with Gasteiger partial charge in [0.05, 0.1) is 16.9 Å². The number of nitrogens with one attached hydrogen (secondary N) is 1. The second-order valence-corrected chi connectivity index (χ2v) is 8.20. The summed E-state index contributed by atoms with van der Waals surface area (Å²) in [4.78, 5) is 18.6. The molecular weight excluding hydrogens is 356 g/mol. The van der Waals surface area contributed by atoms with Crippen LogP contribution in [0.15, 0.2) is 54.2 Å². The number of amides is 1. The van der Waals surface area contributed by atoms with E-state index in [9.17, 15) is 4.79 Å². The number of carbonyl (C=O) groups is 1. The number of fused-ring (bicyclic) bond motifs is 1. The molecule has 0 spiro atoms. The van der Waals surface area contributed by atoms with E-state index in [1.807, 2.05) is 48.0 Å². The summed E-state index contributed by atoms with van der Waals surface area (Å²) in [6, 6.07) is 10.0. The molecule has 3 aromatic rings. The zero-order valence-corrected chi connectivity index (χ0v) is 16.3. The largest absolute Gasteiger partial charge is 0.306 e. The molecular formula is C21H22N4OS. The van der Waals surface area contributed by atoms with E-state index in [0.717, 1.165) is 34.7 Å². The Kier molecular flexibility index (Phi) is 4.90. The zero-order chi connectivity index (χ0) is 18.8. The molecule has 1 N–H and O–H groups in total. The molecule has 1 atom stereocenters. The fourth-order valence-corrected chi connectivity index (χ4v) is 4.59. The molecule has 2 heterocycles. The molecule has 1 aliphatic rings. The molecule has 0 saturated carbocycles. The molecule has 0 radical (unpaired) electrons. The van der Waals surface area contributed by atoms with Crippen LogP contribution in [-0.2, 0) is 12.8 Å². The van der Waals surface area contributed by atoms with Crippen LogP contribution < -0.4 is 5.43 Å². The molecule has 27 heavy (non-hydrogen) atoms. The van der Waals surface area contributed by atoms with Crippen LogP contribution in [0, 0.1) is 5.92 Å². The zero-order valence-electron chi connectivity index (χ0n) is 15.5. The van der Waals surface area contributed by atoms with Gasteiger partial charge < -0.3 is 4.57 Å². The van der Waals surface area contributed by atoms with Gasteiger partial charge in [0, 0.05) is 23.0 Å². The molecule has 2 aromatic heterocycles.